The lowest BCUT2D eigenvalue weighted by Gasteiger charge is -2.03. The number of benzene rings is 1. The van der Waals surface area contributed by atoms with Gasteiger partial charge in [-0.1, -0.05) is 23.7 Å². The first-order chi connectivity index (χ1) is 8.99. The molecule has 0 spiro atoms. The molecule has 0 saturated carbocycles. The van der Waals surface area contributed by atoms with Gasteiger partial charge in [-0.2, -0.15) is 0 Å². The lowest BCUT2D eigenvalue weighted by Crippen LogP contribution is -2.32. The van der Waals surface area contributed by atoms with Crippen molar-refractivity contribution in [2.45, 2.75) is 13.8 Å². The van der Waals surface area contributed by atoms with Crippen LogP contribution in [0.25, 0.3) is 6.08 Å². The Morgan fingerprint density at radius 2 is 1.95 bits per heavy atom. The second kappa shape index (κ2) is 7.59. The molecule has 0 fully saturated rings. The van der Waals surface area contributed by atoms with Crippen LogP contribution in [-0.4, -0.2) is 24.9 Å². The van der Waals surface area contributed by atoms with Crippen molar-refractivity contribution in [1.82, 2.24) is 10.6 Å². The molecule has 2 amide bonds. The lowest BCUT2D eigenvalue weighted by molar-refractivity contribution is -0.119. The number of hydrogen-bond acceptors (Lipinski definition) is 2. The van der Waals surface area contributed by atoms with E-state index in [0.717, 1.165) is 11.1 Å². The molecule has 2 N–H and O–H groups in total. The Balaban J connectivity index is 2.40. The van der Waals surface area contributed by atoms with Crippen LogP contribution in [0.4, 0.5) is 0 Å². The van der Waals surface area contributed by atoms with Gasteiger partial charge in [0.15, 0.2) is 0 Å². The average Bonchev–Trinajstić information content (AvgIpc) is 2.36. The number of nitrogens with one attached hydrogen (secondary N) is 2. The first kappa shape index (κ1) is 15.2. The van der Waals surface area contributed by atoms with Gasteiger partial charge in [-0.3, -0.25) is 9.59 Å². The Hall–Kier alpha value is -1.81. The second-order valence-corrected chi connectivity index (χ2v) is 4.52. The summed E-state index contributed by atoms with van der Waals surface area (Å²) < 4.78 is 0. The fourth-order valence-corrected chi connectivity index (χ4v) is 1.56. The Kier molecular flexibility index (Phi) is 6.09. The van der Waals surface area contributed by atoms with Crippen LogP contribution in [0.2, 0.25) is 5.02 Å². The van der Waals surface area contributed by atoms with Crippen molar-refractivity contribution in [2.24, 2.45) is 0 Å². The monoisotopic (exact) mass is 280 g/mol. The number of hydrogen-bond donors (Lipinski definition) is 2. The van der Waals surface area contributed by atoms with Crippen molar-refractivity contribution in [3.8, 4) is 0 Å². The van der Waals surface area contributed by atoms with E-state index in [4.69, 9.17) is 11.6 Å². The third-order valence-corrected chi connectivity index (χ3v) is 2.83. The maximum absolute atomic E-state index is 11.5. The molecule has 0 unspecified atom stereocenters. The molecule has 0 saturated heterocycles. The van der Waals surface area contributed by atoms with Crippen LogP contribution in [-0.2, 0) is 9.59 Å². The zero-order chi connectivity index (χ0) is 14.3. The van der Waals surface area contributed by atoms with Crippen LogP contribution >= 0.6 is 11.6 Å². The summed E-state index contributed by atoms with van der Waals surface area (Å²) in [6.07, 6.45) is 3.13. The molecule has 0 aromatic heterocycles. The number of carbonyl (C=O) groups is 2. The van der Waals surface area contributed by atoms with Crippen LogP contribution in [0.1, 0.15) is 18.1 Å². The Morgan fingerprint density at radius 1 is 1.26 bits per heavy atom. The minimum absolute atomic E-state index is 0.112. The molecule has 0 atom stereocenters. The minimum Gasteiger partial charge on any atom is -0.355 e. The second-order valence-electron chi connectivity index (χ2n) is 4.12. The average molecular weight is 281 g/mol. The highest BCUT2D eigenvalue weighted by Crippen LogP contribution is 2.17. The molecule has 102 valence electrons. The predicted molar refractivity (Wildman–Crippen MR) is 76.9 cm³/mol. The van der Waals surface area contributed by atoms with Crippen molar-refractivity contribution in [2.75, 3.05) is 13.1 Å². The number of rotatable bonds is 5. The summed E-state index contributed by atoms with van der Waals surface area (Å²) in [5.41, 5.74) is 1.87. The van der Waals surface area contributed by atoms with Crippen molar-refractivity contribution >= 4 is 29.5 Å². The number of halogens is 1. The molecule has 0 aliphatic heterocycles. The number of amides is 2. The van der Waals surface area contributed by atoms with Gasteiger partial charge in [0.2, 0.25) is 11.8 Å². The Labute approximate surface area is 117 Å². The third-order valence-electron chi connectivity index (χ3n) is 2.42. The topological polar surface area (TPSA) is 58.2 Å². The zero-order valence-electron chi connectivity index (χ0n) is 11.0. The van der Waals surface area contributed by atoms with E-state index in [-0.39, 0.29) is 11.8 Å². The molecule has 0 heterocycles. The molecular weight excluding hydrogens is 264 g/mol. The molecule has 0 aliphatic rings. The maximum atomic E-state index is 11.5. The summed E-state index contributed by atoms with van der Waals surface area (Å²) in [6.45, 7) is 4.18. The van der Waals surface area contributed by atoms with Gasteiger partial charge in [0.05, 0.1) is 0 Å². The predicted octanol–water partition coefficient (Wildman–Crippen LogP) is 1.91. The van der Waals surface area contributed by atoms with Gasteiger partial charge >= 0.3 is 0 Å². The van der Waals surface area contributed by atoms with E-state index < -0.39 is 0 Å². The fraction of sp³-hybridized carbons (Fsp3) is 0.286. The van der Waals surface area contributed by atoms with Gasteiger partial charge in [-0.15, -0.1) is 0 Å². The Morgan fingerprint density at radius 3 is 2.58 bits per heavy atom. The molecule has 0 radical (unpaired) electrons. The van der Waals surface area contributed by atoms with Gasteiger partial charge < -0.3 is 10.6 Å². The van der Waals surface area contributed by atoms with Gasteiger partial charge in [0.1, 0.15) is 0 Å². The highest BCUT2D eigenvalue weighted by molar-refractivity contribution is 6.31. The number of carbonyl (C=O) groups excluding carboxylic acids is 2. The largest absolute Gasteiger partial charge is 0.355 e. The third kappa shape index (κ3) is 6.06. The fourth-order valence-electron chi connectivity index (χ4n) is 1.37. The highest BCUT2D eigenvalue weighted by Gasteiger charge is 1.97. The molecule has 1 rings (SSSR count). The summed E-state index contributed by atoms with van der Waals surface area (Å²) in [4.78, 5) is 22.1. The van der Waals surface area contributed by atoms with E-state index in [0.29, 0.717) is 18.1 Å². The maximum Gasteiger partial charge on any atom is 0.244 e. The molecule has 19 heavy (non-hydrogen) atoms. The molecule has 0 aliphatic carbocycles. The lowest BCUT2D eigenvalue weighted by atomic mass is 10.1. The van der Waals surface area contributed by atoms with E-state index in [1.807, 2.05) is 19.1 Å². The van der Waals surface area contributed by atoms with Gasteiger partial charge in [0, 0.05) is 31.1 Å². The van der Waals surface area contributed by atoms with Crippen LogP contribution < -0.4 is 10.6 Å². The molecule has 5 heteroatoms. The normalized spacial score (nSPS) is 10.5. The van der Waals surface area contributed by atoms with Gasteiger partial charge in [0.25, 0.3) is 0 Å². The van der Waals surface area contributed by atoms with Gasteiger partial charge in [-0.05, 0) is 30.2 Å². The van der Waals surface area contributed by atoms with Crippen molar-refractivity contribution in [3.05, 3.63) is 40.4 Å². The van der Waals surface area contributed by atoms with E-state index in [1.165, 1.54) is 13.0 Å². The SMILES string of the molecule is CC(=O)NCCNC(=O)C=Cc1ccc(C)c(Cl)c1. The standard InChI is InChI=1S/C14H17ClN2O2/c1-10-3-4-12(9-13(10)15)5-6-14(19)17-8-7-16-11(2)18/h3-6,9H,7-8H2,1-2H3,(H,16,18)(H,17,19). The van der Waals surface area contributed by atoms with Crippen LogP contribution in [0.15, 0.2) is 24.3 Å². The number of aryl methyl sites for hydroxylation is 1. The van der Waals surface area contributed by atoms with Crippen molar-refractivity contribution < 1.29 is 9.59 Å². The summed E-state index contributed by atoms with van der Waals surface area (Å²) in [5.74, 6) is -0.318. The molecule has 0 bridgehead atoms. The molecule has 1 aromatic rings. The molecule has 1 aromatic carbocycles. The van der Waals surface area contributed by atoms with Crippen LogP contribution in [0.5, 0.6) is 0 Å². The smallest absolute Gasteiger partial charge is 0.244 e. The molecular formula is C14H17ClN2O2. The van der Waals surface area contributed by atoms with E-state index >= 15 is 0 Å². The van der Waals surface area contributed by atoms with Crippen molar-refractivity contribution in [1.29, 1.82) is 0 Å². The summed E-state index contributed by atoms with van der Waals surface area (Å²) in [5, 5.41) is 5.93. The van der Waals surface area contributed by atoms with E-state index in [9.17, 15) is 9.59 Å². The molecule has 4 nitrogen and oxygen atoms in total. The first-order valence-corrected chi connectivity index (χ1v) is 6.33. The van der Waals surface area contributed by atoms with E-state index in [2.05, 4.69) is 10.6 Å². The highest BCUT2D eigenvalue weighted by atomic mass is 35.5. The summed E-state index contributed by atoms with van der Waals surface area (Å²) in [6, 6.07) is 5.59. The summed E-state index contributed by atoms with van der Waals surface area (Å²) >= 11 is 5.99. The van der Waals surface area contributed by atoms with Gasteiger partial charge in [-0.25, -0.2) is 0 Å². The Bertz CT molecular complexity index is 498. The van der Waals surface area contributed by atoms with Crippen molar-refractivity contribution in [3.63, 3.8) is 0 Å². The zero-order valence-corrected chi connectivity index (χ0v) is 11.8. The first-order valence-electron chi connectivity index (χ1n) is 5.95. The minimum atomic E-state index is -0.206. The van der Waals surface area contributed by atoms with Crippen LogP contribution in [0.3, 0.4) is 0 Å². The van der Waals surface area contributed by atoms with Crippen LogP contribution in [0, 0.1) is 6.92 Å². The quantitative estimate of drug-likeness (QED) is 0.639. The van der Waals surface area contributed by atoms with E-state index in [1.54, 1.807) is 12.1 Å². The summed E-state index contributed by atoms with van der Waals surface area (Å²) in [7, 11) is 0.